The van der Waals surface area contributed by atoms with Crippen molar-refractivity contribution in [3.63, 3.8) is 0 Å². The second-order valence-corrected chi connectivity index (χ2v) is 11.3. The molecular weight excluding hydrogens is 486 g/mol. The number of hydrogen-bond acceptors (Lipinski definition) is 7. The van der Waals surface area contributed by atoms with Crippen LogP contribution >= 0.6 is 11.8 Å². The van der Waals surface area contributed by atoms with Crippen LogP contribution in [0.2, 0.25) is 0 Å². The van der Waals surface area contributed by atoms with Gasteiger partial charge in [0.1, 0.15) is 5.82 Å². The number of nitrogens with zero attached hydrogens (tertiary/aromatic N) is 1. The van der Waals surface area contributed by atoms with Gasteiger partial charge >= 0.3 is 0 Å². The molecule has 1 aliphatic heterocycles. The first-order valence-corrected chi connectivity index (χ1v) is 13.3. The Hall–Kier alpha value is -3.52. The van der Waals surface area contributed by atoms with Gasteiger partial charge in [0.25, 0.3) is 5.56 Å². The van der Waals surface area contributed by atoms with E-state index in [0.29, 0.717) is 57.8 Å². The number of fused-ring (bicyclic) bond motifs is 1. The predicted octanol–water partition coefficient (Wildman–Crippen LogP) is 5.59. The molecule has 0 unspecified atom stereocenters. The molecule has 1 atom stereocenters. The number of thioether (sulfide) groups is 1. The smallest absolute Gasteiger partial charge is 0.257 e. The molecule has 0 saturated heterocycles. The van der Waals surface area contributed by atoms with Gasteiger partial charge in [-0.25, -0.2) is 4.98 Å². The molecule has 1 aliphatic carbocycles. The van der Waals surface area contributed by atoms with E-state index in [9.17, 15) is 9.59 Å². The van der Waals surface area contributed by atoms with Crippen molar-refractivity contribution in [1.82, 2.24) is 9.97 Å². The predicted molar refractivity (Wildman–Crippen MR) is 146 cm³/mol. The van der Waals surface area contributed by atoms with Gasteiger partial charge in [0.2, 0.25) is 0 Å². The summed E-state index contributed by atoms with van der Waals surface area (Å²) in [7, 11) is 3.14. The minimum atomic E-state index is -0.619. The standard InChI is InChI=1S/C29H31N3O4S/c1-16-8-6-9-17(12-16)15-37-28-31-26-24(27(34)32-28)22(18-10-7-11-21(35-4)25(18)36-5)23-19(30-26)13-29(2,3)14-20(23)33/h6-12,22H,13-15H2,1-5H3,(H2,30,31,32,34)/t22-/m0/s1. The number of aryl methyl sites for hydroxylation is 1. The van der Waals surface area contributed by atoms with E-state index in [-0.39, 0.29) is 16.8 Å². The molecule has 0 saturated carbocycles. The molecule has 2 heterocycles. The van der Waals surface area contributed by atoms with Crippen LogP contribution in [0, 0.1) is 12.3 Å². The molecule has 37 heavy (non-hydrogen) atoms. The van der Waals surface area contributed by atoms with Crippen molar-refractivity contribution >= 4 is 23.4 Å². The quantitative estimate of drug-likeness (QED) is 0.325. The second kappa shape index (κ2) is 9.74. The zero-order valence-electron chi connectivity index (χ0n) is 21.7. The molecule has 2 N–H and O–H groups in total. The lowest BCUT2D eigenvalue weighted by atomic mass is 9.69. The summed E-state index contributed by atoms with van der Waals surface area (Å²) < 4.78 is 11.3. The molecule has 3 aromatic rings. The molecule has 2 aliphatic rings. The summed E-state index contributed by atoms with van der Waals surface area (Å²) in [6.07, 6.45) is 1.08. The lowest BCUT2D eigenvalue weighted by Gasteiger charge is -2.38. The Labute approximate surface area is 220 Å². The number of ether oxygens (including phenoxy) is 2. The molecule has 7 nitrogen and oxygen atoms in total. The first kappa shape index (κ1) is 25.1. The number of methoxy groups -OCH3 is 2. The van der Waals surface area contributed by atoms with Gasteiger partial charge in [-0.2, -0.15) is 0 Å². The van der Waals surface area contributed by atoms with Crippen molar-refractivity contribution in [2.24, 2.45) is 5.41 Å². The van der Waals surface area contributed by atoms with Crippen molar-refractivity contribution in [2.75, 3.05) is 19.5 Å². The number of hydrogen-bond donors (Lipinski definition) is 2. The maximum atomic E-state index is 13.6. The van der Waals surface area contributed by atoms with Gasteiger partial charge in [-0.3, -0.25) is 9.59 Å². The topological polar surface area (TPSA) is 93.3 Å². The van der Waals surface area contributed by atoms with Gasteiger partial charge in [-0.15, -0.1) is 0 Å². The van der Waals surface area contributed by atoms with Crippen molar-refractivity contribution in [3.05, 3.63) is 86.3 Å². The average Bonchev–Trinajstić information content (AvgIpc) is 2.85. The number of carbonyl (C=O) groups excluding carboxylic acids is 1. The van der Waals surface area contributed by atoms with Crippen molar-refractivity contribution in [3.8, 4) is 11.5 Å². The van der Waals surface area contributed by atoms with E-state index in [4.69, 9.17) is 14.5 Å². The highest BCUT2D eigenvalue weighted by Crippen LogP contribution is 2.50. The highest BCUT2D eigenvalue weighted by atomic mass is 32.2. The summed E-state index contributed by atoms with van der Waals surface area (Å²) in [5, 5.41) is 3.91. The van der Waals surface area contributed by atoms with Gasteiger partial charge in [0.15, 0.2) is 22.4 Å². The lowest BCUT2D eigenvalue weighted by molar-refractivity contribution is -0.118. The number of aromatic amines is 1. The number of allylic oxidation sites excluding steroid dienone is 2. The van der Waals surface area contributed by atoms with Gasteiger partial charge in [-0.1, -0.05) is 67.6 Å². The third kappa shape index (κ3) is 4.78. The van der Waals surface area contributed by atoms with Crippen LogP contribution in [0.15, 0.2) is 63.7 Å². The number of rotatable bonds is 6. The molecule has 5 rings (SSSR count). The Kier molecular flexibility index (Phi) is 6.62. The van der Waals surface area contributed by atoms with Gasteiger partial charge < -0.3 is 19.8 Å². The number of nitrogens with one attached hydrogen (secondary N) is 2. The highest BCUT2D eigenvalue weighted by molar-refractivity contribution is 7.98. The minimum absolute atomic E-state index is 0.0246. The Morgan fingerprint density at radius 1 is 1.08 bits per heavy atom. The molecule has 2 aromatic carbocycles. The average molecular weight is 518 g/mol. The number of para-hydroxylation sites is 1. The molecule has 8 heteroatoms. The number of aromatic nitrogens is 2. The largest absolute Gasteiger partial charge is 0.493 e. The van der Waals surface area contributed by atoms with E-state index in [1.165, 1.54) is 17.3 Å². The Balaban J connectivity index is 1.64. The molecule has 0 spiro atoms. The van der Waals surface area contributed by atoms with Crippen LogP contribution in [-0.2, 0) is 10.5 Å². The van der Waals surface area contributed by atoms with Crippen LogP contribution in [0.3, 0.4) is 0 Å². The highest BCUT2D eigenvalue weighted by Gasteiger charge is 2.43. The maximum absolute atomic E-state index is 13.6. The molecule has 0 amide bonds. The third-order valence-corrected chi connectivity index (χ3v) is 7.85. The second-order valence-electron chi connectivity index (χ2n) is 10.4. The first-order chi connectivity index (χ1) is 17.7. The molecule has 1 aromatic heterocycles. The van der Waals surface area contributed by atoms with Crippen LogP contribution in [0.5, 0.6) is 11.5 Å². The van der Waals surface area contributed by atoms with E-state index < -0.39 is 5.92 Å². The fourth-order valence-electron chi connectivity index (χ4n) is 5.37. The first-order valence-electron chi connectivity index (χ1n) is 12.3. The van der Waals surface area contributed by atoms with Gasteiger partial charge in [0, 0.05) is 29.0 Å². The minimum Gasteiger partial charge on any atom is -0.493 e. The molecule has 0 bridgehead atoms. The summed E-state index contributed by atoms with van der Waals surface area (Å²) in [6, 6.07) is 13.8. The zero-order valence-corrected chi connectivity index (χ0v) is 22.5. The van der Waals surface area contributed by atoms with Crippen molar-refractivity contribution in [2.45, 2.75) is 50.4 Å². The van der Waals surface area contributed by atoms with E-state index in [2.05, 4.69) is 49.3 Å². The lowest BCUT2D eigenvalue weighted by Crippen LogP contribution is -2.37. The van der Waals surface area contributed by atoms with Crippen molar-refractivity contribution in [1.29, 1.82) is 0 Å². The summed E-state index contributed by atoms with van der Waals surface area (Å²) in [4.78, 5) is 35.0. The summed E-state index contributed by atoms with van der Waals surface area (Å²) in [5.41, 5.74) is 4.40. The van der Waals surface area contributed by atoms with Crippen LogP contribution in [-0.4, -0.2) is 30.0 Å². The van der Waals surface area contributed by atoms with E-state index in [1.54, 1.807) is 20.3 Å². The van der Waals surface area contributed by atoms with Gasteiger partial charge in [-0.05, 0) is 30.4 Å². The van der Waals surface area contributed by atoms with Crippen LogP contribution in [0.25, 0.3) is 0 Å². The summed E-state index contributed by atoms with van der Waals surface area (Å²) in [5.74, 6) is 1.61. The van der Waals surface area contributed by atoms with Gasteiger partial charge in [0.05, 0.1) is 25.7 Å². The molecule has 0 fully saturated rings. The van der Waals surface area contributed by atoms with E-state index >= 15 is 0 Å². The van der Waals surface area contributed by atoms with E-state index in [0.717, 1.165) is 11.3 Å². The number of anilines is 1. The number of benzene rings is 2. The molecular formula is C29H31N3O4S. The Morgan fingerprint density at radius 2 is 1.86 bits per heavy atom. The van der Waals surface area contributed by atoms with E-state index in [1.807, 2.05) is 18.2 Å². The number of carbonyl (C=O) groups is 1. The fourth-order valence-corrected chi connectivity index (χ4v) is 6.17. The van der Waals surface area contributed by atoms with Crippen molar-refractivity contribution < 1.29 is 14.3 Å². The number of Topliss-reactive ketones (excluding diaryl/α,β-unsaturated/α-hetero) is 1. The van der Waals surface area contributed by atoms with Crippen LogP contribution < -0.4 is 20.3 Å². The fraction of sp³-hybridized carbons (Fsp3) is 0.345. The molecule has 0 radical (unpaired) electrons. The number of ketones is 1. The molecule has 192 valence electrons. The summed E-state index contributed by atoms with van der Waals surface area (Å²) in [6.45, 7) is 6.23. The number of H-pyrrole nitrogens is 1. The third-order valence-electron chi connectivity index (χ3n) is 6.90. The summed E-state index contributed by atoms with van der Waals surface area (Å²) >= 11 is 1.48. The maximum Gasteiger partial charge on any atom is 0.257 e. The normalized spacial score (nSPS) is 18.1. The monoisotopic (exact) mass is 517 g/mol. The Bertz CT molecular complexity index is 1470. The van der Waals surface area contributed by atoms with Crippen LogP contribution in [0.4, 0.5) is 5.82 Å². The Morgan fingerprint density at radius 3 is 2.59 bits per heavy atom. The SMILES string of the molecule is COc1cccc([C@H]2C3=C(CC(C)(C)CC3=O)Nc3nc(SCc4cccc(C)c4)[nH]c(=O)c32)c1OC. The van der Waals surface area contributed by atoms with Crippen LogP contribution in [0.1, 0.15) is 54.9 Å². The zero-order chi connectivity index (χ0) is 26.3.